The predicted molar refractivity (Wildman–Crippen MR) is 88.6 cm³/mol. The molecule has 1 aromatic heterocycles. The van der Waals surface area contributed by atoms with Crippen molar-refractivity contribution >= 4 is 11.3 Å². The molecule has 2 N–H and O–H groups in total. The molecular formula is C17H24N2OS. The first kappa shape index (κ1) is 16.1. The van der Waals surface area contributed by atoms with Crippen LogP contribution < -0.4 is 5.73 Å². The molecule has 0 aliphatic heterocycles. The van der Waals surface area contributed by atoms with Gasteiger partial charge in [-0.15, -0.1) is 11.3 Å². The summed E-state index contributed by atoms with van der Waals surface area (Å²) in [6.07, 6.45) is -0.109. The van der Waals surface area contributed by atoms with E-state index in [1.165, 1.54) is 0 Å². The van der Waals surface area contributed by atoms with Crippen LogP contribution in [0.25, 0.3) is 0 Å². The molecule has 0 spiro atoms. The van der Waals surface area contributed by atoms with E-state index in [4.69, 9.17) is 15.5 Å². The van der Waals surface area contributed by atoms with E-state index in [1.54, 1.807) is 11.3 Å². The number of hydrogen-bond donors (Lipinski definition) is 1. The summed E-state index contributed by atoms with van der Waals surface area (Å²) in [5.74, 6) is 0. The van der Waals surface area contributed by atoms with Gasteiger partial charge in [-0.1, -0.05) is 51.1 Å². The number of thiazole rings is 1. The average Bonchev–Trinajstić information content (AvgIpc) is 2.90. The van der Waals surface area contributed by atoms with Crippen LogP contribution in [0.15, 0.2) is 30.3 Å². The van der Waals surface area contributed by atoms with Gasteiger partial charge in [0.15, 0.2) is 0 Å². The second-order valence-corrected chi connectivity index (χ2v) is 7.14. The summed E-state index contributed by atoms with van der Waals surface area (Å²) in [4.78, 5) is 6.01. The zero-order chi connectivity index (χ0) is 15.5. The zero-order valence-electron chi connectivity index (χ0n) is 13.2. The lowest BCUT2D eigenvalue weighted by Crippen LogP contribution is -2.16. The number of rotatable bonds is 5. The molecule has 0 fully saturated rings. The van der Waals surface area contributed by atoms with Crippen LogP contribution in [0.3, 0.4) is 0 Å². The fourth-order valence-electron chi connectivity index (χ4n) is 2.31. The van der Waals surface area contributed by atoms with Crippen LogP contribution in [0.4, 0.5) is 0 Å². The maximum Gasteiger partial charge on any atom is 0.134 e. The summed E-state index contributed by atoms with van der Waals surface area (Å²) in [6, 6.07) is 10.2. The van der Waals surface area contributed by atoms with Crippen molar-refractivity contribution in [1.82, 2.24) is 4.98 Å². The van der Waals surface area contributed by atoms with Crippen molar-refractivity contribution in [2.24, 2.45) is 5.73 Å². The molecule has 1 unspecified atom stereocenters. The molecule has 0 saturated carbocycles. The molecule has 1 aromatic carbocycles. The average molecular weight is 304 g/mol. The molecular weight excluding hydrogens is 280 g/mol. The highest BCUT2D eigenvalue weighted by Crippen LogP contribution is 2.35. The molecule has 21 heavy (non-hydrogen) atoms. The van der Waals surface area contributed by atoms with Crippen molar-refractivity contribution in [3.8, 4) is 0 Å². The Hall–Kier alpha value is -1.23. The molecule has 0 saturated heterocycles. The van der Waals surface area contributed by atoms with Crippen LogP contribution in [-0.4, -0.2) is 11.6 Å². The summed E-state index contributed by atoms with van der Waals surface area (Å²) in [5, 5.41) is 0.994. The van der Waals surface area contributed by atoms with Gasteiger partial charge < -0.3 is 10.5 Å². The van der Waals surface area contributed by atoms with Crippen LogP contribution in [0.1, 0.15) is 54.9 Å². The third-order valence-corrected chi connectivity index (χ3v) is 4.39. The van der Waals surface area contributed by atoms with E-state index in [9.17, 15) is 0 Å². The van der Waals surface area contributed by atoms with E-state index in [2.05, 4.69) is 32.9 Å². The third-order valence-electron chi connectivity index (χ3n) is 3.27. The predicted octanol–water partition coefficient (Wildman–Crippen LogP) is 4.03. The minimum atomic E-state index is -0.109. The van der Waals surface area contributed by atoms with Gasteiger partial charge in [0.2, 0.25) is 0 Å². The lowest BCUT2D eigenvalue weighted by atomic mass is 9.91. The molecule has 1 atom stereocenters. The van der Waals surface area contributed by atoms with Gasteiger partial charge in [-0.25, -0.2) is 4.98 Å². The molecule has 114 valence electrons. The first-order valence-electron chi connectivity index (χ1n) is 7.34. The van der Waals surface area contributed by atoms with Crippen molar-refractivity contribution < 1.29 is 4.74 Å². The first-order chi connectivity index (χ1) is 9.97. The molecule has 0 aliphatic rings. The van der Waals surface area contributed by atoms with E-state index in [1.807, 2.05) is 25.1 Å². The minimum absolute atomic E-state index is 0.00307. The molecule has 2 aromatic rings. The summed E-state index contributed by atoms with van der Waals surface area (Å²) in [6.45, 7) is 9.70. The van der Waals surface area contributed by atoms with Crippen LogP contribution in [0.5, 0.6) is 0 Å². The molecule has 0 bridgehead atoms. The Bertz CT molecular complexity index is 572. The fraction of sp³-hybridized carbons (Fsp3) is 0.471. The normalized spacial score (nSPS) is 13.4. The summed E-state index contributed by atoms with van der Waals surface area (Å²) in [5.41, 5.74) is 8.12. The maximum atomic E-state index is 5.95. The van der Waals surface area contributed by atoms with Crippen LogP contribution in [-0.2, 0) is 16.7 Å². The molecule has 0 radical (unpaired) electrons. The quantitative estimate of drug-likeness (QED) is 0.907. The second kappa shape index (κ2) is 6.69. The van der Waals surface area contributed by atoms with E-state index in [-0.39, 0.29) is 11.5 Å². The molecule has 4 heteroatoms. The second-order valence-electron chi connectivity index (χ2n) is 6.02. The minimum Gasteiger partial charge on any atom is -0.367 e. The summed E-state index contributed by atoms with van der Waals surface area (Å²) < 4.78 is 5.95. The monoisotopic (exact) mass is 304 g/mol. The first-order valence-corrected chi connectivity index (χ1v) is 8.15. The third kappa shape index (κ3) is 3.70. The highest BCUT2D eigenvalue weighted by atomic mass is 32.1. The van der Waals surface area contributed by atoms with Gasteiger partial charge in [-0.2, -0.15) is 0 Å². The van der Waals surface area contributed by atoms with Crippen molar-refractivity contribution in [2.75, 3.05) is 6.61 Å². The van der Waals surface area contributed by atoms with Gasteiger partial charge in [-0.05, 0) is 12.5 Å². The topological polar surface area (TPSA) is 48.1 Å². The number of nitrogens with two attached hydrogens (primary N) is 1. The smallest absolute Gasteiger partial charge is 0.134 e. The largest absolute Gasteiger partial charge is 0.367 e. The Balaban J connectivity index is 2.44. The lowest BCUT2D eigenvalue weighted by molar-refractivity contribution is 0.0909. The number of benzene rings is 1. The standard InChI is InChI=1S/C17H24N2OS/c1-5-20-14(12-9-7-6-8-10-12)16-19-15(17(2,3)4)13(11-18)21-16/h6-10,14H,5,11,18H2,1-4H3. The molecule has 2 rings (SSSR count). The molecule has 1 heterocycles. The number of aromatic nitrogens is 1. The molecule has 0 amide bonds. The maximum absolute atomic E-state index is 5.95. The lowest BCUT2D eigenvalue weighted by Gasteiger charge is -2.18. The van der Waals surface area contributed by atoms with E-state index < -0.39 is 0 Å². The van der Waals surface area contributed by atoms with E-state index in [0.717, 1.165) is 21.1 Å². The molecule has 0 aliphatic carbocycles. The van der Waals surface area contributed by atoms with E-state index in [0.29, 0.717) is 13.2 Å². The summed E-state index contributed by atoms with van der Waals surface area (Å²) in [7, 11) is 0. The SMILES string of the molecule is CCOC(c1ccccc1)c1nc(C(C)(C)C)c(CN)s1. The Kier molecular flexibility index (Phi) is 5.14. The van der Waals surface area contributed by atoms with Gasteiger partial charge in [0, 0.05) is 23.4 Å². The van der Waals surface area contributed by atoms with Crippen molar-refractivity contribution in [3.05, 3.63) is 51.5 Å². The number of nitrogens with zero attached hydrogens (tertiary/aromatic N) is 1. The Labute approximate surface area is 131 Å². The highest BCUT2D eigenvalue weighted by Gasteiger charge is 2.26. The van der Waals surface area contributed by atoms with Gasteiger partial charge in [0.25, 0.3) is 0 Å². The van der Waals surface area contributed by atoms with Crippen molar-refractivity contribution in [1.29, 1.82) is 0 Å². The fourth-order valence-corrected chi connectivity index (χ4v) is 3.54. The van der Waals surface area contributed by atoms with Crippen LogP contribution in [0, 0.1) is 0 Å². The van der Waals surface area contributed by atoms with Gasteiger partial charge in [0.05, 0.1) is 5.69 Å². The van der Waals surface area contributed by atoms with Gasteiger partial charge in [0.1, 0.15) is 11.1 Å². The zero-order valence-corrected chi connectivity index (χ0v) is 14.0. The Morgan fingerprint density at radius 2 is 1.90 bits per heavy atom. The Morgan fingerprint density at radius 1 is 1.24 bits per heavy atom. The summed E-state index contributed by atoms with van der Waals surface area (Å²) >= 11 is 1.67. The van der Waals surface area contributed by atoms with Crippen LogP contribution >= 0.6 is 11.3 Å². The number of ether oxygens (including phenoxy) is 1. The van der Waals surface area contributed by atoms with Crippen molar-refractivity contribution in [3.63, 3.8) is 0 Å². The van der Waals surface area contributed by atoms with Gasteiger partial charge >= 0.3 is 0 Å². The molecule has 3 nitrogen and oxygen atoms in total. The van der Waals surface area contributed by atoms with Crippen LogP contribution in [0.2, 0.25) is 0 Å². The van der Waals surface area contributed by atoms with Gasteiger partial charge in [-0.3, -0.25) is 0 Å². The highest BCUT2D eigenvalue weighted by molar-refractivity contribution is 7.11. The van der Waals surface area contributed by atoms with E-state index >= 15 is 0 Å². The number of hydrogen-bond acceptors (Lipinski definition) is 4. The Morgan fingerprint density at radius 3 is 2.38 bits per heavy atom. The van der Waals surface area contributed by atoms with Crippen molar-refractivity contribution in [2.45, 2.75) is 45.8 Å².